The molecule has 1 saturated carbocycles. The van der Waals surface area contributed by atoms with Crippen LogP contribution in [0.15, 0.2) is 18.2 Å². The average molecular weight is 295 g/mol. The second kappa shape index (κ2) is 7.52. The van der Waals surface area contributed by atoms with E-state index in [-0.39, 0.29) is 30.1 Å². The first kappa shape index (κ1) is 15.9. The molecule has 0 saturated heterocycles. The van der Waals surface area contributed by atoms with Crippen molar-refractivity contribution in [1.82, 2.24) is 4.90 Å². The fourth-order valence-electron chi connectivity index (χ4n) is 2.67. The number of rotatable bonds is 8. The summed E-state index contributed by atoms with van der Waals surface area (Å²) in [7, 11) is 1.43. The van der Waals surface area contributed by atoms with E-state index >= 15 is 0 Å². The van der Waals surface area contributed by atoms with Crippen LogP contribution < -0.4 is 4.74 Å². The summed E-state index contributed by atoms with van der Waals surface area (Å²) in [5.74, 6) is -0.527. The lowest BCUT2D eigenvalue weighted by molar-refractivity contribution is 0.0836. The van der Waals surface area contributed by atoms with Crippen molar-refractivity contribution >= 4 is 5.78 Å². The molecule has 0 aliphatic heterocycles. The summed E-state index contributed by atoms with van der Waals surface area (Å²) in [6.45, 7) is 1.18. The van der Waals surface area contributed by atoms with Crippen LogP contribution in [0, 0.1) is 5.82 Å². The Morgan fingerprint density at radius 3 is 2.76 bits per heavy atom. The molecule has 1 fully saturated rings. The fraction of sp³-hybridized carbons (Fsp3) is 0.562. The number of carbonyl (C=O) groups is 1. The lowest BCUT2D eigenvalue weighted by atomic mass is 9.91. The molecule has 116 valence electrons. The summed E-state index contributed by atoms with van der Waals surface area (Å²) in [4.78, 5) is 14.4. The van der Waals surface area contributed by atoms with E-state index in [2.05, 4.69) is 4.90 Å². The number of Topliss-reactive ketones (excluding diaryl/α,β-unsaturated/α-hetero) is 1. The highest BCUT2D eigenvalue weighted by Gasteiger charge is 2.25. The van der Waals surface area contributed by atoms with Gasteiger partial charge in [-0.25, -0.2) is 4.39 Å². The number of nitrogens with zero attached hydrogens (tertiary/aromatic N) is 1. The summed E-state index contributed by atoms with van der Waals surface area (Å²) in [5, 5.41) is 9.11. The highest BCUT2D eigenvalue weighted by molar-refractivity contribution is 5.99. The molecule has 0 bridgehead atoms. The SMILES string of the molecule is COc1cccc(F)c1C(=O)CCN(CCO)C1CCC1. The van der Waals surface area contributed by atoms with E-state index in [4.69, 9.17) is 9.84 Å². The van der Waals surface area contributed by atoms with Crippen LogP contribution in [0.5, 0.6) is 5.75 Å². The Balaban J connectivity index is 2.00. The minimum Gasteiger partial charge on any atom is -0.496 e. The van der Waals surface area contributed by atoms with Crippen LogP contribution in [-0.2, 0) is 0 Å². The van der Waals surface area contributed by atoms with E-state index < -0.39 is 5.82 Å². The normalized spacial score (nSPS) is 15.0. The van der Waals surface area contributed by atoms with E-state index in [1.54, 1.807) is 6.07 Å². The van der Waals surface area contributed by atoms with Crippen LogP contribution in [0.3, 0.4) is 0 Å². The molecule has 0 spiro atoms. The van der Waals surface area contributed by atoms with Crippen LogP contribution in [0.1, 0.15) is 36.0 Å². The number of hydrogen-bond acceptors (Lipinski definition) is 4. The van der Waals surface area contributed by atoms with Gasteiger partial charge in [0.2, 0.25) is 0 Å². The molecule has 0 amide bonds. The first-order valence-corrected chi connectivity index (χ1v) is 7.38. The molecule has 21 heavy (non-hydrogen) atoms. The van der Waals surface area contributed by atoms with E-state index in [1.165, 1.54) is 25.7 Å². The van der Waals surface area contributed by atoms with Gasteiger partial charge in [-0.1, -0.05) is 12.5 Å². The van der Waals surface area contributed by atoms with Crippen molar-refractivity contribution in [3.63, 3.8) is 0 Å². The van der Waals surface area contributed by atoms with E-state index in [0.29, 0.717) is 19.1 Å². The van der Waals surface area contributed by atoms with Gasteiger partial charge >= 0.3 is 0 Å². The molecule has 0 heterocycles. The molecule has 1 aliphatic carbocycles. The smallest absolute Gasteiger partial charge is 0.170 e. The number of halogens is 1. The third kappa shape index (κ3) is 3.80. The molecule has 1 aromatic carbocycles. The quantitative estimate of drug-likeness (QED) is 0.747. The van der Waals surface area contributed by atoms with Gasteiger partial charge < -0.3 is 9.84 Å². The summed E-state index contributed by atoms with van der Waals surface area (Å²) >= 11 is 0. The second-order valence-electron chi connectivity index (χ2n) is 5.33. The predicted molar refractivity (Wildman–Crippen MR) is 78.2 cm³/mol. The number of ether oxygens (including phenoxy) is 1. The number of methoxy groups -OCH3 is 1. The highest BCUT2D eigenvalue weighted by atomic mass is 19.1. The van der Waals surface area contributed by atoms with Gasteiger partial charge in [0.05, 0.1) is 19.3 Å². The minimum absolute atomic E-state index is 0.0255. The van der Waals surface area contributed by atoms with E-state index in [1.807, 2.05) is 0 Å². The van der Waals surface area contributed by atoms with Crippen LogP contribution in [0.25, 0.3) is 0 Å². The van der Waals surface area contributed by atoms with Crippen molar-refractivity contribution in [2.75, 3.05) is 26.8 Å². The zero-order chi connectivity index (χ0) is 15.2. The predicted octanol–water partition coefficient (Wildman–Crippen LogP) is 2.25. The molecule has 5 heteroatoms. The molecule has 1 aliphatic rings. The zero-order valence-corrected chi connectivity index (χ0v) is 12.3. The maximum Gasteiger partial charge on any atom is 0.170 e. The Hall–Kier alpha value is -1.46. The number of carbonyl (C=O) groups excluding carboxylic acids is 1. The van der Waals surface area contributed by atoms with Gasteiger partial charge in [-0.05, 0) is 25.0 Å². The molecular weight excluding hydrogens is 273 g/mol. The maximum absolute atomic E-state index is 13.8. The van der Waals surface area contributed by atoms with Gasteiger partial charge in [0.1, 0.15) is 11.6 Å². The molecule has 2 rings (SSSR count). The second-order valence-corrected chi connectivity index (χ2v) is 5.33. The van der Waals surface area contributed by atoms with Crippen LogP contribution in [-0.4, -0.2) is 48.6 Å². The molecular formula is C16H22FNO3. The van der Waals surface area contributed by atoms with Gasteiger partial charge in [-0.3, -0.25) is 9.69 Å². The van der Waals surface area contributed by atoms with Crippen molar-refractivity contribution < 1.29 is 19.0 Å². The molecule has 0 atom stereocenters. The number of aliphatic hydroxyl groups is 1. The number of aliphatic hydroxyl groups excluding tert-OH is 1. The molecule has 0 radical (unpaired) electrons. The fourth-order valence-corrected chi connectivity index (χ4v) is 2.67. The summed E-state index contributed by atoms with van der Waals surface area (Å²) in [6.07, 6.45) is 3.64. The Bertz CT molecular complexity index is 488. The molecule has 0 unspecified atom stereocenters. The van der Waals surface area contributed by atoms with Gasteiger partial charge in [-0.15, -0.1) is 0 Å². The van der Waals surface area contributed by atoms with Crippen molar-refractivity contribution in [3.05, 3.63) is 29.6 Å². The topological polar surface area (TPSA) is 49.8 Å². The van der Waals surface area contributed by atoms with Crippen molar-refractivity contribution in [2.24, 2.45) is 0 Å². The average Bonchev–Trinajstić information content (AvgIpc) is 2.42. The van der Waals surface area contributed by atoms with Crippen LogP contribution in [0.2, 0.25) is 0 Å². The summed E-state index contributed by atoms with van der Waals surface area (Å²) in [6, 6.07) is 4.84. The molecule has 1 aromatic rings. The maximum atomic E-state index is 13.8. The molecule has 1 N–H and O–H groups in total. The van der Waals surface area contributed by atoms with Gasteiger partial charge in [0, 0.05) is 25.6 Å². The lowest BCUT2D eigenvalue weighted by Gasteiger charge is -2.37. The number of ketones is 1. The van der Waals surface area contributed by atoms with Crippen LogP contribution >= 0.6 is 0 Å². The standard InChI is InChI=1S/C16H22FNO3/c1-21-15-7-3-6-13(17)16(15)14(20)8-9-18(10-11-19)12-4-2-5-12/h3,6-7,12,19H,2,4-5,8-11H2,1H3. The van der Waals surface area contributed by atoms with Gasteiger partial charge in [-0.2, -0.15) is 0 Å². The van der Waals surface area contributed by atoms with Crippen molar-refractivity contribution in [2.45, 2.75) is 31.7 Å². The number of hydrogen-bond donors (Lipinski definition) is 1. The Kier molecular flexibility index (Phi) is 5.70. The summed E-state index contributed by atoms with van der Waals surface area (Å²) < 4.78 is 18.9. The highest BCUT2D eigenvalue weighted by Crippen LogP contribution is 2.26. The summed E-state index contributed by atoms with van der Waals surface area (Å²) in [5.41, 5.74) is 0.0255. The lowest BCUT2D eigenvalue weighted by Crippen LogP contribution is -2.42. The number of benzene rings is 1. The first-order valence-electron chi connectivity index (χ1n) is 7.38. The third-order valence-corrected chi connectivity index (χ3v) is 4.08. The van der Waals surface area contributed by atoms with Crippen molar-refractivity contribution in [3.8, 4) is 5.75 Å². The Labute approximate surface area is 124 Å². The van der Waals surface area contributed by atoms with Crippen LogP contribution in [0.4, 0.5) is 4.39 Å². The largest absolute Gasteiger partial charge is 0.496 e. The molecule has 0 aromatic heterocycles. The Morgan fingerprint density at radius 1 is 1.43 bits per heavy atom. The van der Waals surface area contributed by atoms with E-state index in [0.717, 1.165) is 12.8 Å². The van der Waals surface area contributed by atoms with E-state index in [9.17, 15) is 9.18 Å². The Morgan fingerprint density at radius 2 is 2.19 bits per heavy atom. The minimum atomic E-state index is -0.545. The molecule has 4 nitrogen and oxygen atoms in total. The zero-order valence-electron chi connectivity index (χ0n) is 12.3. The van der Waals surface area contributed by atoms with Gasteiger partial charge in [0.25, 0.3) is 0 Å². The third-order valence-electron chi connectivity index (χ3n) is 4.08. The first-order chi connectivity index (χ1) is 10.2. The van der Waals surface area contributed by atoms with Crippen molar-refractivity contribution in [1.29, 1.82) is 0 Å². The monoisotopic (exact) mass is 295 g/mol. The van der Waals surface area contributed by atoms with Gasteiger partial charge in [0.15, 0.2) is 5.78 Å².